The van der Waals surface area contributed by atoms with Crippen molar-refractivity contribution in [2.75, 3.05) is 5.32 Å². The summed E-state index contributed by atoms with van der Waals surface area (Å²) < 4.78 is 0. The van der Waals surface area contributed by atoms with Gasteiger partial charge in [0.25, 0.3) is 5.91 Å². The van der Waals surface area contributed by atoms with Crippen LogP contribution in [0.25, 0.3) is 0 Å². The van der Waals surface area contributed by atoms with E-state index in [4.69, 9.17) is 11.6 Å². The van der Waals surface area contributed by atoms with Gasteiger partial charge in [-0.3, -0.25) is 9.78 Å². The minimum absolute atomic E-state index is 0.113. The number of anilines is 1. The van der Waals surface area contributed by atoms with Crippen LogP contribution >= 0.6 is 11.6 Å². The second kappa shape index (κ2) is 5.06. The number of nitrogens with one attached hydrogen (secondary N) is 1. The van der Waals surface area contributed by atoms with Gasteiger partial charge in [-0.15, -0.1) is 0 Å². The standard InChI is InChI=1S/C13H11ClN2O2/c1-8-11(3-2-6-15-8)16-13(18)10-7-9(14)4-5-12(10)17/h2-7,17H,1H3,(H,16,18). The minimum Gasteiger partial charge on any atom is -0.507 e. The van der Waals surface area contributed by atoms with E-state index in [1.165, 1.54) is 18.2 Å². The number of hydrogen-bond acceptors (Lipinski definition) is 3. The second-order valence-electron chi connectivity index (χ2n) is 3.75. The molecular formula is C13H11ClN2O2. The van der Waals surface area contributed by atoms with Crippen molar-refractivity contribution in [1.82, 2.24) is 4.98 Å². The smallest absolute Gasteiger partial charge is 0.259 e. The number of aromatic hydroxyl groups is 1. The minimum atomic E-state index is -0.425. The molecule has 0 fully saturated rings. The molecule has 1 amide bonds. The molecule has 0 radical (unpaired) electrons. The maximum absolute atomic E-state index is 12.0. The lowest BCUT2D eigenvalue weighted by atomic mass is 10.2. The van der Waals surface area contributed by atoms with Gasteiger partial charge in [-0.05, 0) is 37.3 Å². The SMILES string of the molecule is Cc1ncccc1NC(=O)c1cc(Cl)ccc1O. The molecule has 2 N–H and O–H groups in total. The van der Waals surface area contributed by atoms with Crippen LogP contribution in [-0.4, -0.2) is 16.0 Å². The number of carbonyl (C=O) groups is 1. The van der Waals surface area contributed by atoms with Crippen LogP contribution in [-0.2, 0) is 0 Å². The number of benzene rings is 1. The number of aromatic nitrogens is 1. The summed E-state index contributed by atoms with van der Waals surface area (Å²) in [7, 11) is 0. The zero-order valence-corrected chi connectivity index (χ0v) is 10.4. The van der Waals surface area contributed by atoms with Crippen LogP contribution in [0.1, 0.15) is 16.1 Å². The Morgan fingerprint density at radius 1 is 1.39 bits per heavy atom. The number of pyridine rings is 1. The molecule has 1 aromatic carbocycles. The van der Waals surface area contributed by atoms with Crippen molar-refractivity contribution in [1.29, 1.82) is 0 Å². The Hall–Kier alpha value is -2.07. The molecule has 5 heteroatoms. The fourth-order valence-corrected chi connectivity index (χ4v) is 1.67. The summed E-state index contributed by atoms with van der Waals surface area (Å²) >= 11 is 5.79. The van der Waals surface area contributed by atoms with E-state index in [9.17, 15) is 9.90 Å². The largest absolute Gasteiger partial charge is 0.507 e. The van der Waals surface area contributed by atoms with E-state index in [1.807, 2.05) is 0 Å². The van der Waals surface area contributed by atoms with Crippen molar-refractivity contribution >= 4 is 23.2 Å². The summed E-state index contributed by atoms with van der Waals surface area (Å²) in [6.45, 7) is 1.79. The lowest BCUT2D eigenvalue weighted by molar-refractivity contribution is 0.102. The number of hydrogen-bond donors (Lipinski definition) is 2. The molecule has 0 bridgehead atoms. The van der Waals surface area contributed by atoms with Crippen molar-refractivity contribution in [2.45, 2.75) is 6.92 Å². The highest BCUT2D eigenvalue weighted by atomic mass is 35.5. The van der Waals surface area contributed by atoms with Crippen molar-refractivity contribution in [3.05, 3.63) is 52.8 Å². The third-order valence-corrected chi connectivity index (χ3v) is 2.69. The molecule has 0 aliphatic rings. The number of halogens is 1. The number of phenolic OH excluding ortho intramolecular Hbond substituents is 1. The van der Waals surface area contributed by atoms with E-state index >= 15 is 0 Å². The summed E-state index contributed by atoms with van der Waals surface area (Å²) in [5, 5.41) is 12.7. The van der Waals surface area contributed by atoms with Crippen LogP contribution in [0.5, 0.6) is 5.75 Å². The first-order valence-electron chi connectivity index (χ1n) is 5.29. The number of aryl methyl sites for hydroxylation is 1. The topological polar surface area (TPSA) is 62.2 Å². The lowest BCUT2D eigenvalue weighted by Gasteiger charge is -2.08. The Morgan fingerprint density at radius 3 is 2.89 bits per heavy atom. The summed E-state index contributed by atoms with van der Waals surface area (Å²) in [4.78, 5) is 16.0. The third-order valence-electron chi connectivity index (χ3n) is 2.46. The van der Waals surface area contributed by atoms with Crippen LogP contribution in [0.15, 0.2) is 36.5 Å². The number of carbonyl (C=O) groups excluding carboxylic acids is 1. The summed E-state index contributed by atoms with van der Waals surface area (Å²) in [6.07, 6.45) is 1.64. The van der Waals surface area contributed by atoms with Crippen molar-refractivity contribution in [3.8, 4) is 5.75 Å². The maximum atomic E-state index is 12.0. The molecule has 0 atom stereocenters. The first-order valence-corrected chi connectivity index (χ1v) is 5.67. The van der Waals surface area contributed by atoms with Gasteiger partial charge in [0.15, 0.2) is 0 Å². The molecule has 2 rings (SSSR count). The average molecular weight is 263 g/mol. The van der Waals surface area contributed by atoms with E-state index in [0.717, 1.165) is 0 Å². The summed E-state index contributed by atoms with van der Waals surface area (Å²) in [5.74, 6) is -0.537. The number of phenols is 1. The van der Waals surface area contributed by atoms with E-state index < -0.39 is 5.91 Å². The molecule has 0 spiro atoms. The average Bonchev–Trinajstić information content (AvgIpc) is 2.35. The van der Waals surface area contributed by atoms with Gasteiger partial charge in [-0.1, -0.05) is 11.6 Å². The predicted octanol–water partition coefficient (Wildman–Crippen LogP) is 3.00. The van der Waals surface area contributed by atoms with Crippen molar-refractivity contribution < 1.29 is 9.90 Å². The molecule has 2 aromatic rings. The summed E-state index contributed by atoms with van der Waals surface area (Å²) in [6, 6.07) is 7.77. The van der Waals surface area contributed by atoms with Gasteiger partial charge in [-0.2, -0.15) is 0 Å². The molecule has 0 unspecified atom stereocenters. The van der Waals surface area contributed by atoms with Crippen LogP contribution in [0.3, 0.4) is 0 Å². The lowest BCUT2D eigenvalue weighted by Crippen LogP contribution is -2.13. The monoisotopic (exact) mass is 262 g/mol. The Morgan fingerprint density at radius 2 is 2.17 bits per heavy atom. The molecule has 18 heavy (non-hydrogen) atoms. The maximum Gasteiger partial charge on any atom is 0.259 e. The first kappa shape index (κ1) is 12.4. The Bertz CT molecular complexity index is 599. The second-order valence-corrected chi connectivity index (χ2v) is 4.19. The highest BCUT2D eigenvalue weighted by molar-refractivity contribution is 6.31. The van der Waals surface area contributed by atoms with Crippen LogP contribution < -0.4 is 5.32 Å². The first-order chi connectivity index (χ1) is 8.58. The van der Waals surface area contributed by atoms with E-state index in [2.05, 4.69) is 10.3 Å². The Labute approximate surface area is 109 Å². The number of nitrogens with zero attached hydrogens (tertiary/aromatic N) is 1. The van der Waals surface area contributed by atoms with Crippen molar-refractivity contribution in [2.24, 2.45) is 0 Å². The molecular weight excluding hydrogens is 252 g/mol. The molecule has 1 heterocycles. The number of amides is 1. The zero-order valence-electron chi connectivity index (χ0n) is 9.64. The van der Waals surface area contributed by atoms with Gasteiger partial charge >= 0.3 is 0 Å². The molecule has 0 saturated carbocycles. The molecule has 4 nitrogen and oxygen atoms in total. The normalized spacial score (nSPS) is 10.1. The van der Waals surface area contributed by atoms with Gasteiger partial charge in [0.2, 0.25) is 0 Å². The van der Waals surface area contributed by atoms with Gasteiger partial charge in [0, 0.05) is 11.2 Å². The molecule has 0 aliphatic carbocycles. The van der Waals surface area contributed by atoms with Crippen LogP contribution in [0, 0.1) is 6.92 Å². The molecule has 0 saturated heterocycles. The fourth-order valence-electron chi connectivity index (χ4n) is 1.50. The Balaban J connectivity index is 2.28. The van der Waals surface area contributed by atoms with Gasteiger partial charge in [0.1, 0.15) is 5.75 Å². The molecule has 92 valence electrons. The fraction of sp³-hybridized carbons (Fsp3) is 0.0769. The van der Waals surface area contributed by atoms with Gasteiger partial charge in [0.05, 0.1) is 16.9 Å². The number of rotatable bonds is 2. The van der Waals surface area contributed by atoms with Crippen molar-refractivity contribution in [3.63, 3.8) is 0 Å². The molecule has 1 aromatic heterocycles. The molecule has 0 aliphatic heterocycles. The predicted molar refractivity (Wildman–Crippen MR) is 70.0 cm³/mol. The highest BCUT2D eigenvalue weighted by Gasteiger charge is 2.12. The van der Waals surface area contributed by atoms with E-state index in [1.54, 1.807) is 25.3 Å². The van der Waals surface area contributed by atoms with Gasteiger partial charge in [-0.25, -0.2) is 0 Å². The van der Waals surface area contributed by atoms with E-state index in [0.29, 0.717) is 16.4 Å². The van der Waals surface area contributed by atoms with Crippen LogP contribution in [0.2, 0.25) is 5.02 Å². The summed E-state index contributed by atoms with van der Waals surface area (Å²) in [5.41, 5.74) is 1.43. The van der Waals surface area contributed by atoms with E-state index in [-0.39, 0.29) is 11.3 Å². The quantitative estimate of drug-likeness (QED) is 0.875. The van der Waals surface area contributed by atoms with Crippen LogP contribution in [0.4, 0.5) is 5.69 Å². The highest BCUT2D eigenvalue weighted by Crippen LogP contribution is 2.23. The Kier molecular flexibility index (Phi) is 3.48. The zero-order chi connectivity index (χ0) is 13.1. The third kappa shape index (κ3) is 2.60. The van der Waals surface area contributed by atoms with Gasteiger partial charge < -0.3 is 10.4 Å².